The van der Waals surface area contributed by atoms with E-state index in [0.717, 1.165) is 16.7 Å². The minimum absolute atomic E-state index is 0.0147. The zero-order valence-electron chi connectivity index (χ0n) is 9.32. The van der Waals surface area contributed by atoms with Crippen LogP contribution in [0.4, 0.5) is 5.69 Å². The fourth-order valence-corrected chi connectivity index (χ4v) is 2.00. The average molecular weight is 205 g/mol. The van der Waals surface area contributed by atoms with Crippen molar-refractivity contribution < 1.29 is 9.68 Å². The first kappa shape index (κ1) is 10.5. The second-order valence-corrected chi connectivity index (χ2v) is 4.25. The van der Waals surface area contributed by atoms with E-state index in [0.29, 0.717) is 5.92 Å². The summed E-state index contributed by atoms with van der Waals surface area (Å²) in [6.45, 7) is 4.19. The number of anilines is 1. The molecule has 1 aromatic rings. The standard InChI is InChI=1S/C11H16BNO2/c1-7(2)11-9-5-4-8(13-3)6-10(9)12(14)15-11/h4-7,11,13-14H,1-3H3. The summed E-state index contributed by atoms with van der Waals surface area (Å²) < 4.78 is 5.52. The van der Waals surface area contributed by atoms with Crippen LogP contribution < -0.4 is 10.8 Å². The van der Waals surface area contributed by atoms with E-state index in [1.807, 2.05) is 25.2 Å². The average Bonchev–Trinajstić information content (AvgIpc) is 2.56. The highest BCUT2D eigenvalue weighted by Gasteiger charge is 2.36. The molecule has 0 saturated carbocycles. The number of nitrogens with one attached hydrogen (secondary N) is 1. The lowest BCUT2D eigenvalue weighted by molar-refractivity contribution is 0.143. The van der Waals surface area contributed by atoms with Crippen molar-refractivity contribution in [1.82, 2.24) is 0 Å². The highest BCUT2D eigenvalue weighted by Crippen LogP contribution is 2.30. The van der Waals surface area contributed by atoms with Gasteiger partial charge in [-0.1, -0.05) is 19.9 Å². The molecule has 0 spiro atoms. The number of benzene rings is 1. The van der Waals surface area contributed by atoms with Crippen LogP contribution in [-0.2, 0) is 4.65 Å². The Kier molecular flexibility index (Phi) is 2.71. The van der Waals surface area contributed by atoms with Crippen LogP contribution in [0.3, 0.4) is 0 Å². The lowest BCUT2D eigenvalue weighted by Gasteiger charge is -2.16. The molecule has 1 unspecified atom stereocenters. The lowest BCUT2D eigenvalue weighted by Crippen LogP contribution is -2.28. The molecular weight excluding hydrogens is 189 g/mol. The van der Waals surface area contributed by atoms with Crippen LogP contribution in [-0.4, -0.2) is 19.2 Å². The molecule has 0 saturated heterocycles. The van der Waals surface area contributed by atoms with E-state index >= 15 is 0 Å². The Labute approximate surface area is 90.6 Å². The third-order valence-electron chi connectivity index (χ3n) is 2.83. The molecule has 1 aliphatic heterocycles. The van der Waals surface area contributed by atoms with Crippen LogP contribution in [0.5, 0.6) is 0 Å². The van der Waals surface area contributed by atoms with Gasteiger partial charge in [-0.05, 0) is 29.1 Å². The quantitative estimate of drug-likeness (QED) is 0.711. The molecule has 0 fully saturated rings. The molecule has 80 valence electrons. The third-order valence-corrected chi connectivity index (χ3v) is 2.83. The Morgan fingerprint density at radius 1 is 1.47 bits per heavy atom. The molecule has 1 atom stereocenters. The molecule has 2 rings (SSSR count). The molecule has 3 nitrogen and oxygen atoms in total. The van der Waals surface area contributed by atoms with Gasteiger partial charge in [-0.25, -0.2) is 0 Å². The van der Waals surface area contributed by atoms with Gasteiger partial charge in [0.2, 0.25) is 0 Å². The van der Waals surface area contributed by atoms with Gasteiger partial charge < -0.3 is 15.0 Å². The number of hydrogen-bond acceptors (Lipinski definition) is 3. The zero-order chi connectivity index (χ0) is 11.0. The fraction of sp³-hybridized carbons (Fsp3) is 0.455. The van der Waals surface area contributed by atoms with Crippen molar-refractivity contribution in [3.63, 3.8) is 0 Å². The van der Waals surface area contributed by atoms with E-state index in [1.165, 1.54) is 0 Å². The van der Waals surface area contributed by atoms with E-state index in [9.17, 15) is 5.02 Å². The second kappa shape index (κ2) is 3.87. The summed E-state index contributed by atoms with van der Waals surface area (Å²) >= 11 is 0. The smallest absolute Gasteiger partial charge is 0.423 e. The van der Waals surface area contributed by atoms with Crippen molar-refractivity contribution >= 4 is 18.3 Å². The van der Waals surface area contributed by atoms with Crippen LogP contribution >= 0.6 is 0 Å². The van der Waals surface area contributed by atoms with Crippen LogP contribution in [0.2, 0.25) is 0 Å². The summed E-state index contributed by atoms with van der Waals surface area (Å²) in [7, 11) is 1.09. The zero-order valence-corrected chi connectivity index (χ0v) is 9.32. The second-order valence-electron chi connectivity index (χ2n) is 4.25. The molecule has 15 heavy (non-hydrogen) atoms. The summed E-state index contributed by atoms with van der Waals surface area (Å²) in [6, 6.07) is 5.99. The number of rotatable bonds is 2. The van der Waals surface area contributed by atoms with Crippen molar-refractivity contribution in [3.8, 4) is 0 Å². The van der Waals surface area contributed by atoms with Crippen molar-refractivity contribution in [3.05, 3.63) is 23.8 Å². The van der Waals surface area contributed by atoms with E-state index < -0.39 is 7.12 Å². The van der Waals surface area contributed by atoms with Gasteiger partial charge in [-0.2, -0.15) is 0 Å². The molecule has 0 bridgehead atoms. The molecule has 2 N–H and O–H groups in total. The van der Waals surface area contributed by atoms with Crippen LogP contribution in [0.25, 0.3) is 0 Å². The van der Waals surface area contributed by atoms with Gasteiger partial charge >= 0.3 is 7.12 Å². The molecule has 0 aromatic heterocycles. The molecule has 0 aliphatic carbocycles. The maximum atomic E-state index is 9.77. The first-order chi connectivity index (χ1) is 7.13. The van der Waals surface area contributed by atoms with E-state index in [-0.39, 0.29) is 6.10 Å². The van der Waals surface area contributed by atoms with Crippen LogP contribution in [0, 0.1) is 5.92 Å². The Morgan fingerprint density at radius 3 is 2.80 bits per heavy atom. The van der Waals surface area contributed by atoms with E-state index in [1.54, 1.807) is 0 Å². The number of hydrogen-bond donors (Lipinski definition) is 2. The normalized spacial score (nSPS) is 19.5. The molecular formula is C11H16BNO2. The summed E-state index contributed by atoms with van der Waals surface area (Å²) in [5, 5.41) is 12.8. The Morgan fingerprint density at radius 2 is 2.20 bits per heavy atom. The minimum Gasteiger partial charge on any atom is -0.423 e. The van der Waals surface area contributed by atoms with Crippen molar-refractivity contribution in [2.24, 2.45) is 5.92 Å². The molecule has 0 amide bonds. The van der Waals surface area contributed by atoms with Gasteiger partial charge in [0.05, 0.1) is 6.10 Å². The van der Waals surface area contributed by atoms with Gasteiger partial charge in [0.15, 0.2) is 0 Å². The maximum Gasteiger partial charge on any atom is 0.492 e. The van der Waals surface area contributed by atoms with Crippen molar-refractivity contribution in [1.29, 1.82) is 0 Å². The van der Waals surface area contributed by atoms with Gasteiger partial charge in [0.25, 0.3) is 0 Å². The van der Waals surface area contributed by atoms with Crippen molar-refractivity contribution in [2.45, 2.75) is 20.0 Å². The molecule has 1 aromatic carbocycles. The van der Waals surface area contributed by atoms with Crippen LogP contribution in [0.15, 0.2) is 18.2 Å². The van der Waals surface area contributed by atoms with E-state index in [4.69, 9.17) is 4.65 Å². The van der Waals surface area contributed by atoms with Crippen molar-refractivity contribution in [2.75, 3.05) is 12.4 Å². The van der Waals surface area contributed by atoms with Crippen LogP contribution in [0.1, 0.15) is 25.5 Å². The fourth-order valence-electron chi connectivity index (χ4n) is 2.00. The summed E-state index contributed by atoms with van der Waals surface area (Å²) in [4.78, 5) is 0. The number of fused-ring (bicyclic) bond motifs is 1. The van der Waals surface area contributed by atoms with Gasteiger partial charge in [0.1, 0.15) is 0 Å². The first-order valence-electron chi connectivity index (χ1n) is 5.28. The van der Waals surface area contributed by atoms with Gasteiger partial charge in [0, 0.05) is 12.7 Å². The maximum absolute atomic E-state index is 9.77. The lowest BCUT2D eigenvalue weighted by atomic mass is 9.78. The largest absolute Gasteiger partial charge is 0.492 e. The molecule has 1 aliphatic rings. The Balaban J connectivity index is 2.41. The van der Waals surface area contributed by atoms with Gasteiger partial charge in [-0.15, -0.1) is 0 Å². The molecule has 1 heterocycles. The summed E-state index contributed by atoms with van der Waals surface area (Å²) in [6.07, 6.45) is 0.0147. The SMILES string of the molecule is CNc1ccc2c(c1)B(O)OC2C(C)C. The van der Waals surface area contributed by atoms with Gasteiger partial charge in [-0.3, -0.25) is 0 Å². The first-order valence-corrected chi connectivity index (χ1v) is 5.28. The topological polar surface area (TPSA) is 41.5 Å². The molecule has 0 radical (unpaired) electrons. The molecule has 4 heteroatoms. The third kappa shape index (κ3) is 1.75. The highest BCUT2D eigenvalue weighted by molar-refractivity contribution is 6.61. The Bertz CT molecular complexity index is 368. The predicted octanol–water partition coefficient (Wildman–Crippen LogP) is 1.14. The monoisotopic (exact) mass is 205 g/mol. The van der Waals surface area contributed by atoms with E-state index in [2.05, 4.69) is 19.2 Å². The Hall–Kier alpha value is -0.995. The minimum atomic E-state index is -0.777. The highest BCUT2D eigenvalue weighted by atomic mass is 16.5. The summed E-state index contributed by atoms with van der Waals surface area (Å²) in [5.74, 6) is 0.376. The summed E-state index contributed by atoms with van der Waals surface area (Å²) in [5.41, 5.74) is 3.00. The predicted molar refractivity (Wildman–Crippen MR) is 62.3 cm³/mol.